The average molecular weight is 452 g/mol. The maximum atomic E-state index is 13.0. The van der Waals surface area contributed by atoms with Crippen LogP contribution in [0.25, 0.3) is 0 Å². The number of hydrogen-bond acceptors (Lipinski definition) is 4. The van der Waals surface area contributed by atoms with E-state index in [1.807, 2.05) is 31.2 Å². The summed E-state index contributed by atoms with van der Waals surface area (Å²) in [5.41, 5.74) is 1.99. The molecular formula is C20H26Cl3FN2O2. The normalized spacial score (nSPS) is 15.4. The van der Waals surface area contributed by atoms with Gasteiger partial charge in [-0.25, -0.2) is 4.39 Å². The lowest BCUT2D eigenvalue weighted by Crippen LogP contribution is -2.49. The van der Waals surface area contributed by atoms with Crippen molar-refractivity contribution in [1.82, 2.24) is 4.90 Å². The summed E-state index contributed by atoms with van der Waals surface area (Å²) in [6.07, 6.45) is -0.552. The highest BCUT2D eigenvalue weighted by Gasteiger charge is 2.19. The number of anilines is 1. The first-order chi connectivity index (χ1) is 12.5. The highest BCUT2D eigenvalue weighted by molar-refractivity contribution is 6.31. The Bertz CT molecular complexity index is 726. The fourth-order valence-corrected chi connectivity index (χ4v) is 3.21. The van der Waals surface area contributed by atoms with Gasteiger partial charge in [-0.2, -0.15) is 0 Å². The van der Waals surface area contributed by atoms with Crippen molar-refractivity contribution in [2.75, 3.05) is 44.2 Å². The van der Waals surface area contributed by atoms with E-state index in [1.165, 1.54) is 12.1 Å². The molecule has 1 unspecified atom stereocenters. The molecule has 3 rings (SSSR count). The van der Waals surface area contributed by atoms with E-state index in [-0.39, 0.29) is 37.2 Å². The Kier molecular flexibility index (Phi) is 10.4. The molecule has 1 saturated heterocycles. The third-order valence-corrected chi connectivity index (χ3v) is 5.03. The molecule has 0 aromatic heterocycles. The Morgan fingerprint density at radius 1 is 1.07 bits per heavy atom. The van der Waals surface area contributed by atoms with Gasteiger partial charge in [0.25, 0.3) is 0 Å². The maximum absolute atomic E-state index is 13.0. The average Bonchev–Trinajstić information content (AvgIpc) is 2.64. The summed E-state index contributed by atoms with van der Waals surface area (Å²) in [6, 6.07) is 12.1. The molecule has 2 aromatic carbocycles. The number of ether oxygens (including phenoxy) is 1. The van der Waals surface area contributed by atoms with E-state index in [9.17, 15) is 9.50 Å². The van der Waals surface area contributed by atoms with Crippen LogP contribution in [0.5, 0.6) is 5.75 Å². The van der Waals surface area contributed by atoms with Crippen molar-refractivity contribution in [3.05, 3.63) is 58.9 Å². The summed E-state index contributed by atoms with van der Waals surface area (Å²) in [5, 5.41) is 11.0. The summed E-state index contributed by atoms with van der Waals surface area (Å²) in [4.78, 5) is 4.45. The van der Waals surface area contributed by atoms with E-state index in [0.717, 1.165) is 37.4 Å². The van der Waals surface area contributed by atoms with Gasteiger partial charge in [-0.3, -0.25) is 4.90 Å². The number of hydrogen-bond donors (Lipinski definition) is 1. The van der Waals surface area contributed by atoms with E-state index in [0.29, 0.717) is 17.3 Å². The Labute approximate surface area is 183 Å². The van der Waals surface area contributed by atoms with Crippen molar-refractivity contribution in [2.24, 2.45) is 0 Å². The summed E-state index contributed by atoms with van der Waals surface area (Å²) < 4.78 is 18.7. The molecule has 1 fully saturated rings. The fraction of sp³-hybridized carbons (Fsp3) is 0.400. The second kappa shape index (κ2) is 11.7. The predicted molar refractivity (Wildman–Crippen MR) is 117 cm³/mol. The molecule has 1 aliphatic rings. The smallest absolute Gasteiger partial charge is 0.123 e. The number of aryl methyl sites for hydroxylation is 1. The standard InChI is InChI=1S/C20H24ClFN2O2.2ClH/c1-15-12-19(6-7-20(15)21)26-14-18(25)13-23-8-10-24(11-9-23)17-4-2-16(22)3-5-17;;/h2-7,12,18,25H,8-11,13-14H2,1H3;2*1H. The molecular weight excluding hydrogens is 426 g/mol. The second-order valence-electron chi connectivity index (χ2n) is 6.64. The first-order valence-electron chi connectivity index (χ1n) is 8.81. The van der Waals surface area contributed by atoms with Crippen molar-refractivity contribution in [3.8, 4) is 5.75 Å². The third-order valence-electron chi connectivity index (χ3n) is 4.60. The van der Waals surface area contributed by atoms with Gasteiger partial charge < -0.3 is 14.7 Å². The van der Waals surface area contributed by atoms with Crippen LogP contribution in [0.2, 0.25) is 5.02 Å². The topological polar surface area (TPSA) is 35.9 Å². The van der Waals surface area contributed by atoms with Gasteiger partial charge in [0.05, 0.1) is 0 Å². The van der Waals surface area contributed by atoms with E-state index in [4.69, 9.17) is 16.3 Å². The van der Waals surface area contributed by atoms with Crippen molar-refractivity contribution >= 4 is 42.1 Å². The lowest BCUT2D eigenvalue weighted by atomic mass is 10.2. The molecule has 28 heavy (non-hydrogen) atoms. The first-order valence-corrected chi connectivity index (χ1v) is 9.19. The molecule has 1 aliphatic heterocycles. The molecule has 2 aromatic rings. The third kappa shape index (κ3) is 6.98. The van der Waals surface area contributed by atoms with Crippen LogP contribution in [0.3, 0.4) is 0 Å². The summed E-state index contributed by atoms with van der Waals surface area (Å²) in [6.45, 7) is 6.17. The zero-order valence-electron chi connectivity index (χ0n) is 15.7. The molecule has 0 radical (unpaired) electrons. The number of rotatable bonds is 6. The van der Waals surface area contributed by atoms with E-state index >= 15 is 0 Å². The fourth-order valence-electron chi connectivity index (χ4n) is 3.09. The largest absolute Gasteiger partial charge is 0.491 e. The zero-order chi connectivity index (χ0) is 18.5. The highest BCUT2D eigenvalue weighted by Crippen LogP contribution is 2.21. The number of β-amino-alcohol motifs (C(OH)–C–C–N with tert-alkyl or cyclic N) is 1. The van der Waals surface area contributed by atoms with Gasteiger partial charge in [-0.05, 0) is 55.0 Å². The molecule has 0 aliphatic carbocycles. The minimum Gasteiger partial charge on any atom is -0.491 e. The molecule has 0 saturated carbocycles. The van der Waals surface area contributed by atoms with Crippen LogP contribution in [0, 0.1) is 12.7 Å². The van der Waals surface area contributed by atoms with Crippen LogP contribution < -0.4 is 9.64 Å². The van der Waals surface area contributed by atoms with E-state index in [2.05, 4.69) is 9.80 Å². The van der Waals surface area contributed by atoms with Gasteiger partial charge in [0.15, 0.2) is 0 Å². The van der Waals surface area contributed by atoms with Crippen LogP contribution in [-0.4, -0.2) is 55.4 Å². The Hall–Kier alpha value is -1.24. The monoisotopic (exact) mass is 450 g/mol. The molecule has 1 N–H and O–H groups in total. The van der Waals surface area contributed by atoms with Crippen LogP contribution in [-0.2, 0) is 0 Å². The SMILES string of the molecule is Cc1cc(OCC(O)CN2CCN(c3ccc(F)cc3)CC2)ccc1Cl.Cl.Cl. The van der Waals surface area contributed by atoms with Crippen LogP contribution >= 0.6 is 36.4 Å². The zero-order valence-corrected chi connectivity index (χ0v) is 18.1. The molecule has 156 valence electrons. The van der Waals surface area contributed by atoms with E-state index < -0.39 is 6.10 Å². The Morgan fingerprint density at radius 2 is 1.71 bits per heavy atom. The molecule has 0 spiro atoms. The minimum absolute atomic E-state index is 0. The molecule has 0 bridgehead atoms. The number of benzene rings is 2. The Balaban J connectivity index is 0.00000196. The molecule has 0 amide bonds. The number of halogens is 4. The summed E-state index contributed by atoms with van der Waals surface area (Å²) >= 11 is 6.00. The molecule has 4 nitrogen and oxygen atoms in total. The minimum atomic E-state index is -0.552. The van der Waals surface area contributed by atoms with E-state index in [1.54, 1.807) is 6.07 Å². The number of aliphatic hydroxyl groups excluding tert-OH is 1. The number of aliphatic hydroxyl groups is 1. The van der Waals surface area contributed by atoms with Crippen LogP contribution in [0.1, 0.15) is 5.56 Å². The van der Waals surface area contributed by atoms with Crippen LogP contribution in [0.15, 0.2) is 42.5 Å². The van der Waals surface area contributed by atoms with Crippen molar-refractivity contribution in [3.63, 3.8) is 0 Å². The quantitative estimate of drug-likeness (QED) is 0.714. The van der Waals surface area contributed by atoms with Crippen molar-refractivity contribution < 1.29 is 14.2 Å². The van der Waals surface area contributed by atoms with Gasteiger partial charge in [0.2, 0.25) is 0 Å². The van der Waals surface area contributed by atoms with Gasteiger partial charge in [0, 0.05) is 43.4 Å². The number of piperazine rings is 1. The van der Waals surface area contributed by atoms with Gasteiger partial charge in [-0.15, -0.1) is 24.8 Å². The maximum Gasteiger partial charge on any atom is 0.123 e. The molecule has 1 atom stereocenters. The van der Waals surface area contributed by atoms with Crippen molar-refractivity contribution in [2.45, 2.75) is 13.0 Å². The lowest BCUT2D eigenvalue weighted by Gasteiger charge is -2.36. The summed E-state index contributed by atoms with van der Waals surface area (Å²) in [5.74, 6) is 0.499. The summed E-state index contributed by atoms with van der Waals surface area (Å²) in [7, 11) is 0. The predicted octanol–water partition coefficient (Wildman–Crippen LogP) is 4.19. The lowest BCUT2D eigenvalue weighted by molar-refractivity contribution is 0.0663. The molecule has 8 heteroatoms. The van der Waals surface area contributed by atoms with Crippen LogP contribution in [0.4, 0.5) is 10.1 Å². The Morgan fingerprint density at radius 3 is 2.32 bits per heavy atom. The first kappa shape index (κ1) is 24.8. The second-order valence-corrected chi connectivity index (χ2v) is 7.05. The molecule has 1 heterocycles. The van der Waals surface area contributed by atoms with Gasteiger partial charge in [0.1, 0.15) is 24.3 Å². The number of nitrogens with zero attached hydrogens (tertiary/aromatic N) is 2. The van der Waals surface area contributed by atoms with Gasteiger partial charge in [-0.1, -0.05) is 11.6 Å². The van der Waals surface area contributed by atoms with Gasteiger partial charge >= 0.3 is 0 Å². The van der Waals surface area contributed by atoms with Crippen molar-refractivity contribution in [1.29, 1.82) is 0 Å². The highest BCUT2D eigenvalue weighted by atomic mass is 35.5.